The van der Waals surface area contributed by atoms with Gasteiger partial charge in [0.1, 0.15) is 0 Å². The Hall–Kier alpha value is -0.950. The van der Waals surface area contributed by atoms with Crippen LogP contribution in [-0.2, 0) is 4.74 Å². The van der Waals surface area contributed by atoms with E-state index in [1.54, 1.807) is 25.4 Å². The summed E-state index contributed by atoms with van der Waals surface area (Å²) < 4.78 is 7.18. The Bertz CT molecular complexity index is 530. The van der Waals surface area contributed by atoms with Gasteiger partial charge in [-0.15, -0.1) is 22.7 Å². The monoisotopic (exact) mass is 299 g/mol. The summed E-state index contributed by atoms with van der Waals surface area (Å²) >= 11 is 3.10. The number of nitrogens with one attached hydrogen (secondary N) is 1. The molecule has 19 heavy (non-hydrogen) atoms. The number of carbonyl (C=O) groups is 1. The van der Waals surface area contributed by atoms with Crippen LogP contribution in [0.3, 0.4) is 0 Å². The minimum Gasteiger partial charge on any atom is -0.388 e. The SMILES string of the molecule is COCCC(C)(O)CNC(=O)c1cc2sccc2s1. The Balaban J connectivity index is 1.92. The molecule has 1 atom stereocenters. The van der Waals surface area contributed by atoms with E-state index < -0.39 is 5.60 Å². The third-order valence-corrected chi connectivity index (χ3v) is 4.93. The van der Waals surface area contributed by atoms with Crippen molar-refractivity contribution >= 4 is 38.0 Å². The molecule has 104 valence electrons. The molecular formula is C13H17NO3S2. The van der Waals surface area contributed by atoms with Crippen molar-refractivity contribution in [1.82, 2.24) is 5.32 Å². The number of fused-ring (bicyclic) bond motifs is 1. The smallest absolute Gasteiger partial charge is 0.261 e. The van der Waals surface area contributed by atoms with Crippen molar-refractivity contribution in [3.05, 3.63) is 22.4 Å². The van der Waals surface area contributed by atoms with E-state index in [9.17, 15) is 9.90 Å². The number of methoxy groups -OCH3 is 1. The van der Waals surface area contributed by atoms with Crippen LogP contribution in [0.2, 0.25) is 0 Å². The quantitative estimate of drug-likeness (QED) is 0.861. The molecule has 0 aliphatic rings. The molecule has 0 saturated carbocycles. The molecule has 1 unspecified atom stereocenters. The number of carbonyl (C=O) groups excluding carboxylic acids is 1. The minimum absolute atomic E-state index is 0.133. The fourth-order valence-corrected chi connectivity index (χ4v) is 3.67. The molecule has 0 fully saturated rings. The molecule has 0 aliphatic heterocycles. The van der Waals surface area contributed by atoms with Crippen molar-refractivity contribution in [2.75, 3.05) is 20.3 Å². The van der Waals surface area contributed by atoms with Crippen molar-refractivity contribution < 1.29 is 14.6 Å². The van der Waals surface area contributed by atoms with Crippen molar-refractivity contribution in [2.45, 2.75) is 18.9 Å². The molecular weight excluding hydrogens is 282 g/mol. The van der Waals surface area contributed by atoms with E-state index in [4.69, 9.17) is 4.74 Å². The molecule has 2 aromatic heterocycles. The fraction of sp³-hybridized carbons (Fsp3) is 0.462. The van der Waals surface area contributed by atoms with Gasteiger partial charge in [0.25, 0.3) is 5.91 Å². The van der Waals surface area contributed by atoms with Gasteiger partial charge in [-0.05, 0) is 24.4 Å². The maximum atomic E-state index is 12.0. The van der Waals surface area contributed by atoms with Crippen LogP contribution in [0.5, 0.6) is 0 Å². The highest BCUT2D eigenvalue weighted by Crippen LogP contribution is 2.29. The van der Waals surface area contributed by atoms with Gasteiger partial charge in [-0.3, -0.25) is 4.79 Å². The van der Waals surface area contributed by atoms with Gasteiger partial charge in [-0.25, -0.2) is 0 Å². The van der Waals surface area contributed by atoms with Gasteiger partial charge < -0.3 is 15.2 Å². The van der Waals surface area contributed by atoms with Crippen molar-refractivity contribution in [1.29, 1.82) is 0 Å². The maximum Gasteiger partial charge on any atom is 0.261 e. The lowest BCUT2D eigenvalue weighted by Gasteiger charge is -2.22. The molecule has 0 aromatic carbocycles. The standard InChI is InChI=1S/C13H17NO3S2/c1-13(16,4-5-17-2)8-14-12(15)11-7-10-9(19-11)3-6-18-10/h3,6-7,16H,4-5,8H2,1-2H3,(H,14,15). The van der Waals surface area contributed by atoms with E-state index in [0.29, 0.717) is 17.9 Å². The Labute approximate surface area is 120 Å². The largest absolute Gasteiger partial charge is 0.388 e. The lowest BCUT2D eigenvalue weighted by Crippen LogP contribution is -2.41. The van der Waals surface area contributed by atoms with E-state index in [-0.39, 0.29) is 12.5 Å². The second-order valence-corrected chi connectivity index (χ2v) is 6.71. The van der Waals surface area contributed by atoms with Crippen LogP contribution >= 0.6 is 22.7 Å². The van der Waals surface area contributed by atoms with Crippen LogP contribution in [0.4, 0.5) is 0 Å². The number of hydrogen-bond donors (Lipinski definition) is 2. The Morgan fingerprint density at radius 2 is 2.32 bits per heavy atom. The zero-order valence-electron chi connectivity index (χ0n) is 10.9. The highest BCUT2D eigenvalue weighted by molar-refractivity contribution is 7.27. The first-order chi connectivity index (χ1) is 9.02. The zero-order valence-corrected chi connectivity index (χ0v) is 12.6. The molecule has 4 nitrogen and oxygen atoms in total. The first-order valence-corrected chi connectivity index (χ1v) is 7.68. The predicted molar refractivity (Wildman–Crippen MR) is 79.2 cm³/mol. The third-order valence-electron chi connectivity index (χ3n) is 2.84. The second kappa shape index (κ2) is 6.00. The average molecular weight is 299 g/mol. The van der Waals surface area contributed by atoms with Crippen molar-refractivity contribution in [2.24, 2.45) is 0 Å². The first-order valence-electron chi connectivity index (χ1n) is 5.98. The second-order valence-electron chi connectivity index (χ2n) is 4.68. The number of ether oxygens (including phenoxy) is 1. The lowest BCUT2D eigenvalue weighted by molar-refractivity contribution is 0.0244. The highest BCUT2D eigenvalue weighted by atomic mass is 32.1. The average Bonchev–Trinajstić information content (AvgIpc) is 2.94. The summed E-state index contributed by atoms with van der Waals surface area (Å²) in [6.45, 7) is 2.39. The summed E-state index contributed by atoms with van der Waals surface area (Å²) in [7, 11) is 1.59. The van der Waals surface area contributed by atoms with Crippen molar-refractivity contribution in [3.8, 4) is 0 Å². The lowest BCUT2D eigenvalue weighted by atomic mass is 10.0. The van der Waals surface area contributed by atoms with Crippen LogP contribution in [-0.4, -0.2) is 36.9 Å². The van der Waals surface area contributed by atoms with Crippen LogP contribution in [0, 0.1) is 0 Å². The zero-order chi connectivity index (χ0) is 13.9. The normalized spacial score (nSPS) is 14.5. The molecule has 0 radical (unpaired) electrons. The van der Waals surface area contributed by atoms with Gasteiger partial charge in [0.15, 0.2) is 0 Å². The molecule has 0 saturated heterocycles. The number of aliphatic hydroxyl groups is 1. The third kappa shape index (κ3) is 3.76. The first kappa shape index (κ1) is 14.5. The number of hydrogen-bond acceptors (Lipinski definition) is 5. The minimum atomic E-state index is -0.944. The Kier molecular flexibility index (Phi) is 4.57. The maximum absolute atomic E-state index is 12.0. The molecule has 2 heterocycles. The van der Waals surface area contributed by atoms with E-state index in [1.807, 2.05) is 17.5 Å². The highest BCUT2D eigenvalue weighted by Gasteiger charge is 2.21. The Morgan fingerprint density at radius 3 is 3.00 bits per heavy atom. The predicted octanol–water partition coefficient (Wildman–Crippen LogP) is 2.48. The van der Waals surface area contributed by atoms with Crippen LogP contribution in [0.25, 0.3) is 9.40 Å². The molecule has 2 aromatic rings. The molecule has 2 rings (SSSR count). The molecule has 2 N–H and O–H groups in total. The molecule has 0 spiro atoms. The van der Waals surface area contributed by atoms with Crippen LogP contribution in [0.1, 0.15) is 23.0 Å². The topological polar surface area (TPSA) is 58.6 Å². The summed E-state index contributed by atoms with van der Waals surface area (Å²) in [6, 6.07) is 3.90. The number of thiophene rings is 2. The van der Waals surface area contributed by atoms with E-state index in [1.165, 1.54) is 11.3 Å². The summed E-state index contributed by atoms with van der Waals surface area (Å²) in [5, 5.41) is 14.8. The van der Waals surface area contributed by atoms with E-state index >= 15 is 0 Å². The summed E-state index contributed by atoms with van der Waals surface area (Å²) in [6.07, 6.45) is 0.489. The molecule has 6 heteroatoms. The van der Waals surface area contributed by atoms with Gasteiger partial charge in [0.05, 0.1) is 10.5 Å². The van der Waals surface area contributed by atoms with Crippen molar-refractivity contribution in [3.63, 3.8) is 0 Å². The van der Waals surface area contributed by atoms with E-state index in [2.05, 4.69) is 5.32 Å². The number of amides is 1. The van der Waals surface area contributed by atoms with Crippen LogP contribution < -0.4 is 5.32 Å². The van der Waals surface area contributed by atoms with Gasteiger partial charge >= 0.3 is 0 Å². The fourth-order valence-electron chi connectivity index (χ4n) is 1.65. The van der Waals surface area contributed by atoms with Gasteiger partial charge in [0.2, 0.25) is 0 Å². The van der Waals surface area contributed by atoms with E-state index in [0.717, 1.165) is 9.40 Å². The number of rotatable bonds is 6. The molecule has 0 aliphatic carbocycles. The van der Waals surface area contributed by atoms with Gasteiger partial charge in [0, 0.05) is 36.1 Å². The summed E-state index contributed by atoms with van der Waals surface area (Å²) in [5.74, 6) is -0.133. The van der Waals surface area contributed by atoms with Gasteiger partial charge in [-0.1, -0.05) is 0 Å². The Morgan fingerprint density at radius 1 is 1.53 bits per heavy atom. The summed E-state index contributed by atoms with van der Waals surface area (Å²) in [4.78, 5) is 12.7. The van der Waals surface area contributed by atoms with Gasteiger partial charge in [-0.2, -0.15) is 0 Å². The summed E-state index contributed by atoms with van der Waals surface area (Å²) in [5.41, 5.74) is -0.944. The van der Waals surface area contributed by atoms with Crippen LogP contribution in [0.15, 0.2) is 17.5 Å². The molecule has 0 bridgehead atoms. The molecule has 1 amide bonds.